The predicted molar refractivity (Wildman–Crippen MR) is 133 cm³/mol. The molecule has 5 rings (SSSR count). The third-order valence-electron chi connectivity index (χ3n) is 7.20. The number of benzene rings is 1. The Balaban J connectivity index is 1.60. The number of methoxy groups -OCH3 is 1. The summed E-state index contributed by atoms with van der Waals surface area (Å²) in [6.07, 6.45) is -1.78. The van der Waals surface area contributed by atoms with Crippen molar-refractivity contribution in [2.75, 3.05) is 43.6 Å². The first kappa shape index (κ1) is 25.5. The number of nitrogens with one attached hydrogen (secondary N) is 1. The third kappa shape index (κ3) is 4.77. The minimum absolute atomic E-state index is 0.0892. The van der Waals surface area contributed by atoms with Crippen LogP contribution in [0.15, 0.2) is 29.3 Å². The minimum Gasteiger partial charge on any atom is -0.387 e. The van der Waals surface area contributed by atoms with Gasteiger partial charge in [-0.15, -0.1) is 0 Å². The number of aromatic nitrogens is 3. The number of rotatable bonds is 6. The Labute approximate surface area is 213 Å². The van der Waals surface area contributed by atoms with Crippen molar-refractivity contribution in [1.29, 1.82) is 0 Å². The molecule has 0 spiro atoms. The van der Waals surface area contributed by atoms with Crippen LogP contribution < -0.4 is 15.7 Å². The van der Waals surface area contributed by atoms with Crippen LogP contribution in [0, 0.1) is 12.7 Å². The quantitative estimate of drug-likeness (QED) is 0.518. The monoisotopic (exact) mass is 516 g/mol. The molecule has 4 heterocycles. The number of alkyl halides is 2. The highest BCUT2D eigenvalue weighted by molar-refractivity contribution is 5.77. The minimum atomic E-state index is -2.91. The number of halogens is 3. The van der Waals surface area contributed by atoms with E-state index in [2.05, 4.69) is 24.8 Å². The summed E-state index contributed by atoms with van der Waals surface area (Å²) in [5.74, 6) is 1.22. The van der Waals surface area contributed by atoms with Gasteiger partial charge in [0.05, 0.1) is 35.1 Å². The van der Waals surface area contributed by atoms with Crippen LogP contribution in [0.2, 0.25) is 0 Å². The van der Waals surface area contributed by atoms with Gasteiger partial charge in [-0.2, -0.15) is 0 Å². The van der Waals surface area contributed by atoms with Crippen molar-refractivity contribution in [1.82, 2.24) is 14.5 Å². The second-order valence-corrected chi connectivity index (χ2v) is 9.79. The van der Waals surface area contributed by atoms with E-state index in [1.54, 1.807) is 21.0 Å². The van der Waals surface area contributed by atoms with E-state index < -0.39 is 29.4 Å². The Bertz CT molecular complexity index is 1340. The van der Waals surface area contributed by atoms with E-state index in [4.69, 9.17) is 9.73 Å². The molecule has 4 aliphatic heterocycles. The summed E-state index contributed by atoms with van der Waals surface area (Å²) < 4.78 is 48.7. The maximum atomic E-state index is 14.9. The molecule has 11 heteroatoms. The number of nitrogens with zero attached hydrogens (tertiary/aromatic N) is 5. The van der Waals surface area contributed by atoms with Crippen LogP contribution >= 0.6 is 0 Å². The van der Waals surface area contributed by atoms with Gasteiger partial charge in [0, 0.05) is 38.9 Å². The average molecular weight is 517 g/mol. The maximum Gasteiger partial charge on any atom is 0.266 e. The zero-order chi connectivity index (χ0) is 26.3. The topological polar surface area (TPSA) is 87.8 Å². The molecule has 0 aromatic heterocycles. The Morgan fingerprint density at radius 3 is 2.62 bits per heavy atom. The highest BCUT2D eigenvalue weighted by Gasteiger charge is 2.34. The van der Waals surface area contributed by atoms with Crippen LogP contribution in [0.3, 0.4) is 0 Å². The van der Waals surface area contributed by atoms with Crippen LogP contribution in [0.4, 0.5) is 24.7 Å². The number of hydrogen-bond acceptors (Lipinski definition) is 7. The van der Waals surface area contributed by atoms with Gasteiger partial charge in [-0.25, -0.2) is 23.1 Å². The Morgan fingerprint density at radius 2 is 1.92 bits per heavy atom. The van der Waals surface area contributed by atoms with E-state index in [1.807, 2.05) is 6.07 Å². The zero-order valence-electron chi connectivity index (χ0n) is 21.1. The normalized spacial score (nSPS) is 18.4. The van der Waals surface area contributed by atoms with Crippen molar-refractivity contribution in [3.63, 3.8) is 0 Å². The third-order valence-corrected chi connectivity index (χ3v) is 7.20. The fourth-order valence-corrected chi connectivity index (χ4v) is 5.25. The number of aliphatic hydroxyl groups is 1. The lowest BCUT2D eigenvalue weighted by molar-refractivity contribution is -0.0471. The van der Waals surface area contributed by atoms with E-state index in [9.17, 15) is 18.3 Å². The number of hydrogen-bond donors (Lipinski definition) is 2. The number of anilines is 2. The Hall–Kier alpha value is -3.18. The fourth-order valence-electron chi connectivity index (χ4n) is 5.25. The van der Waals surface area contributed by atoms with Gasteiger partial charge in [0.25, 0.3) is 6.43 Å². The summed E-state index contributed by atoms with van der Waals surface area (Å²) >= 11 is 0. The number of pyridine rings is 1. The van der Waals surface area contributed by atoms with Gasteiger partial charge in [-0.3, -0.25) is 4.99 Å². The summed E-state index contributed by atoms with van der Waals surface area (Å²) in [5, 5.41) is 14.2. The van der Waals surface area contributed by atoms with Crippen molar-refractivity contribution in [2.24, 2.45) is 4.99 Å². The van der Waals surface area contributed by atoms with E-state index in [1.165, 1.54) is 12.1 Å². The lowest BCUT2D eigenvalue weighted by Gasteiger charge is -2.39. The molecular weight excluding hydrogens is 485 g/mol. The molecule has 0 bridgehead atoms. The first-order chi connectivity index (χ1) is 17.7. The molecule has 0 radical (unpaired) electrons. The van der Waals surface area contributed by atoms with Crippen molar-refractivity contribution >= 4 is 11.5 Å². The lowest BCUT2D eigenvalue weighted by Crippen LogP contribution is -2.47. The second kappa shape index (κ2) is 9.94. The SMILES string of the molecule is COCC1(O)CCN(c2cc3c(=N[C@H](C)c4cccc(C(F)F)c4F)nc(C)nc-3n3c2NCC3)CC1. The second-order valence-electron chi connectivity index (χ2n) is 9.79. The summed E-state index contributed by atoms with van der Waals surface area (Å²) in [4.78, 5) is 16.1. The molecule has 37 heavy (non-hydrogen) atoms. The van der Waals surface area contributed by atoms with Crippen LogP contribution in [-0.2, 0) is 11.3 Å². The molecule has 1 atom stereocenters. The molecule has 1 saturated heterocycles. The molecular formula is C26H31F3N6O2. The molecule has 1 aromatic carbocycles. The van der Waals surface area contributed by atoms with Gasteiger partial charge >= 0.3 is 0 Å². The molecule has 0 amide bonds. The summed E-state index contributed by atoms with van der Waals surface area (Å²) in [7, 11) is 1.59. The number of piperidine rings is 1. The smallest absolute Gasteiger partial charge is 0.266 e. The lowest BCUT2D eigenvalue weighted by atomic mass is 9.92. The van der Waals surface area contributed by atoms with E-state index in [-0.39, 0.29) is 5.56 Å². The molecule has 1 fully saturated rings. The van der Waals surface area contributed by atoms with Crippen LogP contribution in [0.1, 0.15) is 49.2 Å². The molecule has 198 valence electrons. The maximum absolute atomic E-state index is 14.9. The first-order valence-corrected chi connectivity index (χ1v) is 12.4. The van der Waals surface area contributed by atoms with E-state index in [0.29, 0.717) is 61.8 Å². The van der Waals surface area contributed by atoms with Gasteiger partial charge in [-0.05, 0) is 32.8 Å². The molecule has 4 aliphatic rings. The molecule has 2 N–H and O–H groups in total. The van der Waals surface area contributed by atoms with Gasteiger partial charge < -0.3 is 24.6 Å². The number of fused-ring (bicyclic) bond motifs is 3. The molecule has 0 aliphatic carbocycles. The van der Waals surface area contributed by atoms with Gasteiger partial charge in [0.2, 0.25) is 0 Å². The van der Waals surface area contributed by atoms with Gasteiger partial charge in [0.1, 0.15) is 23.3 Å². The van der Waals surface area contributed by atoms with Gasteiger partial charge in [0.15, 0.2) is 5.49 Å². The van der Waals surface area contributed by atoms with Crippen molar-refractivity contribution in [3.8, 4) is 11.4 Å². The first-order valence-electron chi connectivity index (χ1n) is 12.4. The van der Waals surface area contributed by atoms with Crippen LogP contribution in [0.5, 0.6) is 0 Å². The summed E-state index contributed by atoms with van der Waals surface area (Å²) in [5.41, 5.74) is 0.636. The summed E-state index contributed by atoms with van der Waals surface area (Å²) in [6.45, 7) is 6.46. The van der Waals surface area contributed by atoms with Gasteiger partial charge in [-0.1, -0.05) is 18.2 Å². The molecule has 1 aromatic rings. The van der Waals surface area contributed by atoms with Crippen molar-refractivity contribution in [3.05, 3.63) is 52.5 Å². The van der Waals surface area contributed by atoms with Crippen LogP contribution in [0.25, 0.3) is 11.4 Å². The molecule has 8 nitrogen and oxygen atoms in total. The molecule has 0 saturated carbocycles. The largest absolute Gasteiger partial charge is 0.387 e. The fraction of sp³-hybridized carbons (Fsp3) is 0.500. The van der Waals surface area contributed by atoms with E-state index in [0.717, 1.165) is 24.1 Å². The molecule has 0 unspecified atom stereocenters. The summed E-state index contributed by atoms with van der Waals surface area (Å²) in [6, 6.07) is 5.23. The Morgan fingerprint density at radius 1 is 1.19 bits per heavy atom. The highest BCUT2D eigenvalue weighted by atomic mass is 19.3. The highest BCUT2D eigenvalue weighted by Crippen LogP contribution is 2.38. The predicted octanol–water partition coefficient (Wildman–Crippen LogP) is 3.83. The standard InChI is InChI=1S/C26H31F3N6O2/c1-15(17-5-4-6-18(21(17)27)22(28)29)31-23-19-13-20(34-10-7-26(36,8-11-34)14-37-3)25-30-9-12-35(25)24(19)33-16(2)32-23/h4-6,13,15,22,30,36H,7-12,14H2,1-3H3/t15-/m1/s1. The average Bonchev–Trinajstić information content (AvgIpc) is 3.35. The van der Waals surface area contributed by atoms with Crippen molar-refractivity contribution < 1.29 is 23.0 Å². The Kier molecular flexibility index (Phi) is 6.84. The van der Waals surface area contributed by atoms with E-state index >= 15 is 0 Å². The van der Waals surface area contributed by atoms with Crippen LogP contribution in [-0.4, -0.2) is 58.6 Å². The number of ether oxygens (including phenoxy) is 1. The number of aryl methyl sites for hydroxylation is 1. The zero-order valence-corrected chi connectivity index (χ0v) is 21.1. The van der Waals surface area contributed by atoms with Crippen molar-refractivity contribution in [2.45, 2.75) is 51.3 Å².